The molecule has 4 aromatic rings. The normalized spacial score (nSPS) is 12.3. The molecule has 0 saturated heterocycles. The van der Waals surface area contributed by atoms with Gasteiger partial charge in [0.2, 0.25) is 5.91 Å². The summed E-state index contributed by atoms with van der Waals surface area (Å²) < 4.78 is 3.44. The molecule has 0 aliphatic heterocycles. The highest BCUT2D eigenvalue weighted by Crippen LogP contribution is 2.19. The van der Waals surface area contributed by atoms with Crippen LogP contribution >= 0.6 is 0 Å². The summed E-state index contributed by atoms with van der Waals surface area (Å²) in [6.45, 7) is -0.318. The van der Waals surface area contributed by atoms with Crippen LogP contribution in [0.4, 0.5) is 0 Å². The van der Waals surface area contributed by atoms with E-state index in [0.29, 0.717) is 0 Å². The molecule has 0 radical (unpaired) electrons. The molecule has 0 saturated carbocycles. The lowest BCUT2D eigenvalue weighted by Crippen LogP contribution is -2.44. The average Bonchev–Trinajstić information content (AvgIpc) is 3.34. The first kappa shape index (κ1) is 20.1. The number of carboxylic acid groups (broad SMARTS) is 1. The summed E-state index contributed by atoms with van der Waals surface area (Å²) in [5.41, 5.74) is 0.756. The van der Waals surface area contributed by atoms with Crippen LogP contribution in [0, 0.1) is 0 Å². The Morgan fingerprint density at radius 1 is 1.19 bits per heavy atom. The van der Waals surface area contributed by atoms with Crippen LogP contribution in [0.25, 0.3) is 22.1 Å². The number of aromatic nitrogens is 5. The Morgan fingerprint density at radius 2 is 1.94 bits per heavy atom. The Morgan fingerprint density at radius 3 is 2.68 bits per heavy atom. The van der Waals surface area contributed by atoms with Crippen LogP contribution in [-0.2, 0) is 36.6 Å². The van der Waals surface area contributed by atoms with E-state index < -0.39 is 29.2 Å². The minimum atomic E-state index is -1.17. The van der Waals surface area contributed by atoms with Crippen molar-refractivity contribution in [3.05, 3.63) is 63.2 Å². The van der Waals surface area contributed by atoms with E-state index in [9.17, 15) is 24.3 Å². The third-order valence-corrected chi connectivity index (χ3v) is 5.26. The molecule has 11 nitrogen and oxygen atoms in total. The SMILES string of the molecule is Cn1c(=O)c2c(ncn2CC(=O)N[C@@H](Cc2c[nH]c3ccccc23)C(=O)O)n(C)c1=O. The summed E-state index contributed by atoms with van der Waals surface area (Å²) in [5, 5.41) is 13.0. The standard InChI is InChI=1S/C20H20N6O5/c1-24-17-16(18(28)25(2)20(24)31)26(10-22-17)9-15(27)23-14(19(29)30)7-11-8-21-13-6-4-3-5-12(11)13/h3-6,8,10,14,21H,7,9H2,1-2H3,(H,23,27)(H,29,30)/t14-/m0/s1. The quantitative estimate of drug-likeness (QED) is 0.389. The van der Waals surface area contributed by atoms with Crippen LogP contribution in [0.3, 0.4) is 0 Å². The predicted octanol–water partition coefficient (Wildman–Crippen LogP) is -0.273. The fourth-order valence-corrected chi connectivity index (χ4v) is 3.63. The van der Waals surface area contributed by atoms with Gasteiger partial charge in [-0.25, -0.2) is 14.6 Å². The van der Waals surface area contributed by atoms with Crippen molar-refractivity contribution in [2.45, 2.75) is 19.0 Å². The van der Waals surface area contributed by atoms with Crippen LogP contribution in [0.1, 0.15) is 5.56 Å². The van der Waals surface area contributed by atoms with E-state index in [0.717, 1.165) is 21.0 Å². The molecule has 0 spiro atoms. The van der Waals surface area contributed by atoms with Crippen molar-refractivity contribution in [1.29, 1.82) is 0 Å². The minimum Gasteiger partial charge on any atom is -0.480 e. The number of benzene rings is 1. The Balaban J connectivity index is 1.58. The molecule has 0 fully saturated rings. The number of hydrogen-bond acceptors (Lipinski definition) is 5. The van der Waals surface area contributed by atoms with Crippen molar-refractivity contribution in [1.82, 2.24) is 29.0 Å². The van der Waals surface area contributed by atoms with Gasteiger partial charge in [-0.15, -0.1) is 0 Å². The molecule has 3 aromatic heterocycles. The zero-order valence-electron chi connectivity index (χ0n) is 16.8. The molecule has 0 aliphatic carbocycles. The van der Waals surface area contributed by atoms with Crippen molar-refractivity contribution in [2.75, 3.05) is 0 Å². The van der Waals surface area contributed by atoms with Crippen LogP contribution in [-0.4, -0.2) is 46.7 Å². The number of aromatic amines is 1. The lowest BCUT2D eigenvalue weighted by Gasteiger charge is -2.15. The molecule has 31 heavy (non-hydrogen) atoms. The molecule has 0 bridgehead atoms. The highest BCUT2D eigenvalue weighted by atomic mass is 16.4. The third-order valence-electron chi connectivity index (χ3n) is 5.26. The molecule has 1 aromatic carbocycles. The number of aliphatic carboxylic acids is 1. The average molecular weight is 424 g/mol. The van der Waals surface area contributed by atoms with E-state index in [2.05, 4.69) is 15.3 Å². The van der Waals surface area contributed by atoms with Crippen LogP contribution in [0.2, 0.25) is 0 Å². The number of carbonyl (C=O) groups excluding carboxylic acids is 1. The molecule has 1 amide bonds. The van der Waals surface area contributed by atoms with E-state index in [1.165, 1.54) is 29.6 Å². The van der Waals surface area contributed by atoms with Gasteiger partial charge in [0.05, 0.1) is 6.33 Å². The van der Waals surface area contributed by atoms with Crippen LogP contribution in [0.15, 0.2) is 46.4 Å². The molecule has 4 rings (SSSR count). The van der Waals surface area contributed by atoms with Crippen molar-refractivity contribution >= 4 is 33.9 Å². The number of H-pyrrole nitrogens is 1. The maximum absolute atomic E-state index is 12.6. The van der Waals surface area contributed by atoms with Gasteiger partial charge in [-0.1, -0.05) is 18.2 Å². The topological polar surface area (TPSA) is 144 Å². The van der Waals surface area contributed by atoms with Crippen LogP contribution < -0.4 is 16.6 Å². The highest BCUT2D eigenvalue weighted by molar-refractivity contribution is 5.87. The summed E-state index contributed by atoms with van der Waals surface area (Å²) in [6, 6.07) is 6.32. The third kappa shape index (κ3) is 3.50. The number of aryl methyl sites for hydroxylation is 1. The molecule has 3 N–H and O–H groups in total. The molecule has 0 aliphatic rings. The maximum Gasteiger partial charge on any atom is 0.332 e. The van der Waals surface area contributed by atoms with Crippen molar-refractivity contribution in [3.63, 3.8) is 0 Å². The Kier molecular flexibility index (Phi) is 4.93. The number of amides is 1. The van der Waals surface area contributed by atoms with Gasteiger partial charge in [0.25, 0.3) is 5.56 Å². The fraction of sp³-hybridized carbons (Fsp3) is 0.250. The number of fused-ring (bicyclic) bond motifs is 2. The first-order valence-corrected chi connectivity index (χ1v) is 9.46. The summed E-state index contributed by atoms with van der Waals surface area (Å²) in [5.74, 6) is -1.77. The number of nitrogens with zero attached hydrogens (tertiary/aromatic N) is 4. The lowest BCUT2D eigenvalue weighted by molar-refractivity contribution is -0.141. The second-order valence-electron chi connectivity index (χ2n) is 7.27. The van der Waals surface area contributed by atoms with Crippen molar-refractivity contribution < 1.29 is 14.7 Å². The van der Waals surface area contributed by atoms with Gasteiger partial charge in [-0.2, -0.15) is 0 Å². The monoisotopic (exact) mass is 424 g/mol. The molecule has 11 heteroatoms. The Labute approximate surface area is 174 Å². The first-order valence-electron chi connectivity index (χ1n) is 9.46. The molecular formula is C20H20N6O5. The summed E-state index contributed by atoms with van der Waals surface area (Å²) in [7, 11) is 2.81. The number of nitrogens with one attached hydrogen (secondary N) is 2. The Hall–Kier alpha value is -4.15. The fourth-order valence-electron chi connectivity index (χ4n) is 3.63. The lowest BCUT2D eigenvalue weighted by atomic mass is 10.0. The van der Waals surface area contributed by atoms with E-state index >= 15 is 0 Å². The molecule has 160 valence electrons. The number of rotatable bonds is 6. The van der Waals surface area contributed by atoms with Gasteiger partial charge >= 0.3 is 11.7 Å². The second-order valence-corrected chi connectivity index (χ2v) is 7.27. The van der Waals surface area contributed by atoms with Gasteiger partial charge in [0.1, 0.15) is 12.6 Å². The molecular weight excluding hydrogens is 404 g/mol. The van der Waals surface area contributed by atoms with Crippen molar-refractivity contribution in [3.8, 4) is 0 Å². The number of hydrogen-bond donors (Lipinski definition) is 3. The van der Waals surface area contributed by atoms with Crippen molar-refractivity contribution in [2.24, 2.45) is 14.1 Å². The number of carboxylic acids is 1. The van der Waals surface area contributed by atoms with E-state index in [1.54, 1.807) is 6.20 Å². The largest absolute Gasteiger partial charge is 0.480 e. The van der Waals surface area contributed by atoms with Gasteiger partial charge in [-0.05, 0) is 11.6 Å². The van der Waals surface area contributed by atoms with Gasteiger partial charge < -0.3 is 20.0 Å². The predicted molar refractivity (Wildman–Crippen MR) is 112 cm³/mol. The number of carbonyl (C=O) groups is 2. The number of para-hydroxylation sites is 1. The van der Waals surface area contributed by atoms with Gasteiger partial charge in [0.15, 0.2) is 11.2 Å². The second kappa shape index (κ2) is 7.59. The zero-order valence-corrected chi connectivity index (χ0v) is 16.8. The summed E-state index contributed by atoms with van der Waals surface area (Å²) in [4.78, 5) is 56.0. The Bertz CT molecular complexity index is 1440. The van der Waals surface area contributed by atoms with Gasteiger partial charge in [0, 0.05) is 37.6 Å². The maximum atomic E-state index is 12.6. The summed E-state index contributed by atoms with van der Waals surface area (Å²) >= 11 is 0. The first-order chi connectivity index (χ1) is 14.8. The highest BCUT2D eigenvalue weighted by Gasteiger charge is 2.23. The van der Waals surface area contributed by atoms with Gasteiger partial charge in [-0.3, -0.25) is 18.7 Å². The zero-order chi connectivity index (χ0) is 22.3. The van der Waals surface area contributed by atoms with E-state index in [1.807, 2.05) is 24.3 Å². The van der Waals surface area contributed by atoms with E-state index in [-0.39, 0.29) is 24.1 Å². The number of imidazole rings is 1. The molecule has 0 unspecified atom stereocenters. The molecule has 1 atom stereocenters. The van der Waals surface area contributed by atoms with E-state index in [4.69, 9.17) is 0 Å². The smallest absolute Gasteiger partial charge is 0.332 e. The van der Waals surface area contributed by atoms with Crippen LogP contribution in [0.5, 0.6) is 0 Å². The minimum absolute atomic E-state index is 0.0863. The molecule has 3 heterocycles. The summed E-state index contributed by atoms with van der Waals surface area (Å²) in [6.07, 6.45) is 3.09.